The van der Waals surface area contributed by atoms with Crippen molar-refractivity contribution in [3.05, 3.63) is 48.5 Å². The standard InChI is InChI=1S/C15H12O4S/c1-19-15-12-7-3-2-5-10(12)9-11-6-4-8-13(14(11)15)20(16,17)18/h2-9H,1H3,(H,16,17,18). The van der Waals surface area contributed by atoms with E-state index in [9.17, 15) is 13.0 Å². The minimum Gasteiger partial charge on any atom is -0.495 e. The van der Waals surface area contributed by atoms with Gasteiger partial charge in [-0.15, -0.1) is 0 Å². The summed E-state index contributed by atoms with van der Waals surface area (Å²) in [4.78, 5) is -0.141. The molecule has 0 aliphatic carbocycles. The first-order chi connectivity index (χ1) is 9.52. The van der Waals surface area contributed by atoms with E-state index >= 15 is 0 Å². The van der Waals surface area contributed by atoms with Gasteiger partial charge in [0.25, 0.3) is 10.1 Å². The molecule has 3 aromatic carbocycles. The molecule has 0 saturated carbocycles. The fraction of sp³-hybridized carbons (Fsp3) is 0.0667. The molecule has 0 unspecified atom stereocenters. The SMILES string of the molecule is COc1c2ccccc2cc2cccc(S(=O)(=O)O)c12. The van der Waals surface area contributed by atoms with E-state index in [-0.39, 0.29) is 4.90 Å². The predicted molar refractivity (Wildman–Crippen MR) is 77.8 cm³/mol. The molecule has 0 radical (unpaired) electrons. The number of rotatable bonds is 2. The minimum absolute atomic E-state index is 0.141. The zero-order valence-electron chi connectivity index (χ0n) is 10.7. The van der Waals surface area contributed by atoms with Gasteiger partial charge in [0.1, 0.15) is 10.6 Å². The Balaban J connectivity index is 2.61. The fourth-order valence-corrected chi connectivity index (χ4v) is 3.19. The van der Waals surface area contributed by atoms with Crippen LogP contribution in [-0.4, -0.2) is 20.1 Å². The van der Waals surface area contributed by atoms with Gasteiger partial charge >= 0.3 is 0 Å². The summed E-state index contributed by atoms with van der Waals surface area (Å²) in [5.74, 6) is 0.450. The molecule has 0 aromatic heterocycles. The lowest BCUT2D eigenvalue weighted by Gasteiger charge is -2.12. The molecular weight excluding hydrogens is 276 g/mol. The molecule has 0 fully saturated rings. The lowest BCUT2D eigenvalue weighted by Crippen LogP contribution is -2.00. The molecule has 20 heavy (non-hydrogen) atoms. The summed E-state index contributed by atoms with van der Waals surface area (Å²) in [5, 5.41) is 2.86. The van der Waals surface area contributed by atoms with Gasteiger partial charge < -0.3 is 4.74 Å². The second kappa shape index (κ2) is 4.47. The van der Waals surface area contributed by atoms with Gasteiger partial charge in [-0.3, -0.25) is 4.55 Å². The summed E-state index contributed by atoms with van der Waals surface area (Å²) < 4.78 is 37.9. The summed E-state index contributed by atoms with van der Waals surface area (Å²) in [7, 11) is -2.82. The van der Waals surface area contributed by atoms with E-state index in [1.54, 1.807) is 12.1 Å². The number of benzene rings is 3. The van der Waals surface area contributed by atoms with E-state index in [0.29, 0.717) is 16.5 Å². The van der Waals surface area contributed by atoms with Crippen molar-refractivity contribution < 1.29 is 17.7 Å². The molecule has 0 atom stereocenters. The Morgan fingerprint density at radius 1 is 1.00 bits per heavy atom. The van der Waals surface area contributed by atoms with E-state index in [4.69, 9.17) is 4.74 Å². The van der Waals surface area contributed by atoms with Gasteiger partial charge in [-0.25, -0.2) is 0 Å². The lowest BCUT2D eigenvalue weighted by molar-refractivity contribution is 0.423. The van der Waals surface area contributed by atoms with Crippen molar-refractivity contribution in [1.82, 2.24) is 0 Å². The summed E-state index contributed by atoms with van der Waals surface area (Å²) in [6, 6.07) is 14.2. The highest BCUT2D eigenvalue weighted by Gasteiger charge is 2.18. The van der Waals surface area contributed by atoms with Crippen LogP contribution in [0.1, 0.15) is 0 Å². The average Bonchev–Trinajstić information content (AvgIpc) is 2.43. The van der Waals surface area contributed by atoms with Crippen molar-refractivity contribution in [3.8, 4) is 5.75 Å². The maximum atomic E-state index is 11.6. The molecule has 0 saturated heterocycles. The Hall–Kier alpha value is -2.11. The van der Waals surface area contributed by atoms with E-state index in [2.05, 4.69) is 0 Å². The van der Waals surface area contributed by atoms with Gasteiger partial charge in [0.15, 0.2) is 0 Å². The summed E-state index contributed by atoms with van der Waals surface area (Å²) >= 11 is 0. The topological polar surface area (TPSA) is 63.6 Å². The van der Waals surface area contributed by atoms with E-state index < -0.39 is 10.1 Å². The smallest absolute Gasteiger partial charge is 0.295 e. The first-order valence-corrected chi connectivity index (χ1v) is 7.42. The van der Waals surface area contributed by atoms with Crippen LogP contribution >= 0.6 is 0 Å². The fourth-order valence-electron chi connectivity index (χ4n) is 2.47. The molecule has 102 valence electrons. The molecule has 4 nitrogen and oxygen atoms in total. The number of fused-ring (bicyclic) bond motifs is 2. The Labute approximate surface area is 116 Å². The van der Waals surface area contributed by atoms with Crippen LogP contribution < -0.4 is 4.74 Å². The van der Waals surface area contributed by atoms with Crippen LogP contribution in [-0.2, 0) is 10.1 Å². The Kier molecular flexibility index (Phi) is 2.88. The summed E-state index contributed by atoms with van der Waals surface area (Å²) in [5.41, 5.74) is 0. The highest BCUT2D eigenvalue weighted by Crippen LogP contribution is 2.38. The van der Waals surface area contributed by atoms with Crippen molar-refractivity contribution in [1.29, 1.82) is 0 Å². The van der Waals surface area contributed by atoms with Gasteiger partial charge in [0.2, 0.25) is 0 Å². The van der Waals surface area contributed by atoms with Crippen LogP contribution in [0.15, 0.2) is 53.4 Å². The summed E-state index contributed by atoms with van der Waals surface area (Å²) in [6.07, 6.45) is 0. The Morgan fingerprint density at radius 2 is 1.70 bits per heavy atom. The van der Waals surface area contributed by atoms with Gasteiger partial charge in [0.05, 0.1) is 7.11 Å². The zero-order chi connectivity index (χ0) is 14.3. The maximum Gasteiger partial charge on any atom is 0.295 e. The first-order valence-electron chi connectivity index (χ1n) is 5.98. The summed E-state index contributed by atoms with van der Waals surface area (Å²) in [6.45, 7) is 0. The normalized spacial score (nSPS) is 11.9. The molecule has 0 spiro atoms. The van der Waals surface area contributed by atoms with Gasteiger partial charge in [-0.1, -0.05) is 36.4 Å². The lowest BCUT2D eigenvalue weighted by atomic mass is 10.0. The monoisotopic (exact) mass is 288 g/mol. The molecule has 1 N–H and O–H groups in total. The molecule has 5 heteroatoms. The van der Waals surface area contributed by atoms with Crippen molar-refractivity contribution in [2.45, 2.75) is 4.90 Å². The second-order valence-electron chi connectivity index (χ2n) is 4.46. The zero-order valence-corrected chi connectivity index (χ0v) is 11.5. The molecule has 3 aromatic rings. The Bertz CT molecular complexity index is 914. The van der Waals surface area contributed by atoms with Crippen LogP contribution in [0.4, 0.5) is 0 Å². The molecule has 0 amide bonds. The molecule has 0 aliphatic heterocycles. The molecule has 3 rings (SSSR count). The molecule has 0 bridgehead atoms. The largest absolute Gasteiger partial charge is 0.495 e. The predicted octanol–water partition coefficient (Wildman–Crippen LogP) is 3.25. The molecule has 0 aliphatic rings. The molecule has 0 heterocycles. The quantitative estimate of drug-likeness (QED) is 0.581. The minimum atomic E-state index is -4.31. The van der Waals surface area contributed by atoms with Crippen LogP contribution in [0.3, 0.4) is 0 Å². The van der Waals surface area contributed by atoms with Crippen molar-refractivity contribution >= 4 is 31.7 Å². The number of methoxy groups -OCH3 is 1. The van der Waals surface area contributed by atoms with Crippen LogP contribution in [0.2, 0.25) is 0 Å². The van der Waals surface area contributed by atoms with Gasteiger partial charge in [-0.2, -0.15) is 8.42 Å². The van der Waals surface area contributed by atoms with E-state index in [1.807, 2.05) is 30.3 Å². The van der Waals surface area contributed by atoms with Crippen LogP contribution in [0.25, 0.3) is 21.5 Å². The average molecular weight is 288 g/mol. The van der Waals surface area contributed by atoms with Gasteiger partial charge in [-0.05, 0) is 22.9 Å². The number of ether oxygens (including phenoxy) is 1. The van der Waals surface area contributed by atoms with E-state index in [1.165, 1.54) is 13.2 Å². The van der Waals surface area contributed by atoms with Gasteiger partial charge in [0, 0.05) is 10.8 Å². The van der Waals surface area contributed by atoms with Crippen LogP contribution in [0.5, 0.6) is 5.75 Å². The van der Waals surface area contributed by atoms with Crippen molar-refractivity contribution in [2.75, 3.05) is 7.11 Å². The van der Waals surface area contributed by atoms with E-state index in [0.717, 1.165) is 10.8 Å². The highest BCUT2D eigenvalue weighted by molar-refractivity contribution is 7.86. The second-order valence-corrected chi connectivity index (χ2v) is 5.85. The third-order valence-corrected chi connectivity index (χ3v) is 4.18. The van der Waals surface area contributed by atoms with Crippen molar-refractivity contribution in [3.63, 3.8) is 0 Å². The third kappa shape index (κ3) is 1.92. The maximum absolute atomic E-state index is 11.6. The van der Waals surface area contributed by atoms with Crippen LogP contribution in [0, 0.1) is 0 Å². The van der Waals surface area contributed by atoms with Crippen molar-refractivity contribution in [2.24, 2.45) is 0 Å². The first kappa shape index (κ1) is 12.9. The highest BCUT2D eigenvalue weighted by atomic mass is 32.2. The Morgan fingerprint density at radius 3 is 2.40 bits per heavy atom. The number of hydrogen-bond acceptors (Lipinski definition) is 3. The third-order valence-electron chi connectivity index (χ3n) is 3.28. The molecular formula is C15H12O4S. The number of hydrogen-bond donors (Lipinski definition) is 1.